The lowest BCUT2D eigenvalue weighted by Gasteiger charge is -1.94. The molecule has 1 aromatic rings. The second-order valence-corrected chi connectivity index (χ2v) is 4.04. The van der Waals surface area contributed by atoms with E-state index in [9.17, 15) is 0 Å². The summed E-state index contributed by atoms with van der Waals surface area (Å²) in [6, 6.07) is 7.45. The molecule has 0 aliphatic heterocycles. The lowest BCUT2D eigenvalue weighted by molar-refractivity contribution is 0.199. The normalized spacial score (nSPS) is 9.19. The van der Waals surface area contributed by atoms with Crippen LogP contribution in [-0.4, -0.2) is 13.2 Å². The molecule has 84 valence electrons. The van der Waals surface area contributed by atoms with E-state index in [0.29, 0.717) is 13.2 Å². The van der Waals surface area contributed by atoms with E-state index in [0.717, 1.165) is 10.6 Å². The zero-order valence-electron chi connectivity index (χ0n) is 9.59. The van der Waals surface area contributed by atoms with Gasteiger partial charge in [-0.3, -0.25) is 0 Å². The van der Waals surface area contributed by atoms with Crippen molar-refractivity contribution < 1.29 is 4.74 Å². The summed E-state index contributed by atoms with van der Waals surface area (Å²) in [5.41, 5.74) is 2.21. The Kier molecular flexibility index (Phi) is 5.71. The SMILES string of the molecule is CC(C)=CCOCC#Cc1ccc(Cl)cc1. The Labute approximate surface area is 102 Å². The summed E-state index contributed by atoms with van der Waals surface area (Å²) < 4.78 is 5.31. The number of rotatable bonds is 3. The summed E-state index contributed by atoms with van der Waals surface area (Å²) in [6.45, 7) is 5.16. The van der Waals surface area contributed by atoms with Gasteiger partial charge in [-0.25, -0.2) is 0 Å². The highest BCUT2D eigenvalue weighted by Gasteiger charge is 1.86. The molecule has 1 rings (SSSR count). The molecule has 0 saturated heterocycles. The van der Waals surface area contributed by atoms with Gasteiger partial charge < -0.3 is 4.74 Å². The molecule has 0 unspecified atom stereocenters. The van der Waals surface area contributed by atoms with Crippen molar-refractivity contribution in [2.75, 3.05) is 13.2 Å². The van der Waals surface area contributed by atoms with Crippen LogP contribution >= 0.6 is 11.6 Å². The number of ether oxygens (including phenoxy) is 1. The second kappa shape index (κ2) is 7.11. The van der Waals surface area contributed by atoms with Crippen molar-refractivity contribution in [1.82, 2.24) is 0 Å². The Morgan fingerprint density at radius 2 is 2.00 bits per heavy atom. The van der Waals surface area contributed by atoms with Crippen molar-refractivity contribution in [2.45, 2.75) is 13.8 Å². The lowest BCUT2D eigenvalue weighted by atomic mass is 10.2. The third-order valence-electron chi connectivity index (χ3n) is 1.86. The van der Waals surface area contributed by atoms with E-state index in [4.69, 9.17) is 16.3 Å². The first-order valence-corrected chi connectivity index (χ1v) is 5.52. The molecule has 0 fully saturated rings. The molecule has 0 aromatic heterocycles. The summed E-state index contributed by atoms with van der Waals surface area (Å²) in [5.74, 6) is 5.96. The number of halogens is 1. The molecule has 0 atom stereocenters. The van der Waals surface area contributed by atoms with Gasteiger partial charge in [0.15, 0.2) is 0 Å². The van der Waals surface area contributed by atoms with Gasteiger partial charge in [0.2, 0.25) is 0 Å². The standard InChI is InChI=1S/C14H15ClO/c1-12(2)9-11-16-10-3-4-13-5-7-14(15)8-6-13/h5-9H,10-11H2,1-2H3. The molecular formula is C14H15ClO. The van der Waals surface area contributed by atoms with Crippen LogP contribution in [-0.2, 0) is 4.74 Å². The van der Waals surface area contributed by atoms with Gasteiger partial charge in [0.05, 0.1) is 6.61 Å². The van der Waals surface area contributed by atoms with Crippen LogP contribution in [0.1, 0.15) is 19.4 Å². The van der Waals surface area contributed by atoms with Crippen molar-refractivity contribution in [3.63, 3.8) is 0 Å². The Bertz CT molecular complexity index is 403. The van der Waals surface area contributed by atoms with Gasteiger partial charge in [-0.15, -0.1) is 0 Å². The predicted molar refractivity (Wildman–Crippen MR) is 68.6 cm³/mol. The largest absolute Gasteiger partial charge is 0.365 e. The van der Waals surface area contributed by atoms with Gasteiger partial charge >= 0.3 is 0 Å². The first-order chi connectivity index (χ1) is 7.68. The Morgan fingerprint density at radius 1 is 1.31 bits per heavy atom. The number of allylic oxidation sites excluding steroid dienone is 1. The zero-order chi connectivity index (χ0) is 11.8. The molecule has 0 radical (unpaired) electrons. The van der Waals surface area contributed by atoms with E-state index in [1.54, 1.807) is 0 Å². The fourth-order valence-corrected chi connectivity index (χ4v) is 1.13. The third kappa shape index (κ3) is 5.60. The van der Waals surface area contributed by atoms with Crippen molar-refractivity contribution in [2.24, 2.45) is 0 Å². The minimum atomic E-state index is 0.451. The number of hydrogen-bond donors (Lipinski definition) is 0. The Balaban J connectivity index is 2.33. The minimum absolute atomic E-state index is 0.451. The fraction of sp³-hybridized carbons (Fsp3) is 0.286. The highest BCUT2D eigenvalue weighted by atomic mass is 35.5. The van der Waals surface area contributed by atoms with Crippen LogP contribution in [0.2, 0.25) is 5.02 Å². The summed E-state index contributed by atoms with van der Waals surface area (Å²) >= 11 is 5.76. The van der Waals surface area contributed by atoms with E-state index in [-0.39, 0.29) is 0 Å². The van der Waals surface area contributed by atoms with E-state index in [2.05, 4.69) is 11.8 Å². The van der Waals surface area contributed by atoms with Gasteiger partial charge in [0, 0.05) is 10.6 Å². The van der Waals surface area contributed by atoms with Crippen LogP contribution in [0.5, 0.6) is 0 Å². The predicted octanol–water partition coefficient (Wildman–Crippen LogP) is 3.67. The average Bonchev–Trinajstić information content (AvgIpc) is 2.25. The van der Waals surface area contributed by atoms with E-state index in [1.807, 2.05) is 44.2 Å². The van der Waals surface area contributed by atoms with Crippen molar-refractivity contribution in [3.05, 3.63) is 46.5 Å². The summed E-state index contributed by atoms with van der Waals surface area (Å²) in [6.07, 6.45) is 2.03. The quantitative estimate of drug-likeness (QED) is 0.441. The van der Waals surface area contributed by atoms with Gasteiger partial charge in [-0.05, 0) is 38.1 Å². The molecule has 1 aromatic carbocycles. The molecule has 16 heavy (non-hydrogen) atoms. The molecule has 0 amide bonds. The first-order valence-electron chi connectivity index (χ1n) is 5.14. The van der Waals surface area contributed by atoms with Crippen molar-refractivity contribution in [3.8, 4) is 11.8 Å². The maximum Gasteiger partial charge on any atom is 0.108 e. The van der Waals surface area contributed by atoms with Gasteiger partial charge in [0.25, 0.3) is 0 Å². The van der Waals surface area contributed by atoms with Crippen molar-refractivity contribution in [1.29, 1.82) is 0 Å². The smallest absolute Gasteiger partial charge is 0.108 e. The van der Waals surface area contributed by atoms with E-state index < -0.39 is 0 Å². The molecule has 0 spiro atoms. The van der Waals surface area contributed by atoms with Crippen LogP contribution < -0.4 is 0 Å². The Morgan fingerprint density at radius 3 is 2.62 bits per heavy atom. The van der Waals surface area contributed by atoms with Gasteiger partial charge in [0.1, 0.15) is 6.61 Å². The summed E-state index contributed by atoms with van der Waals surface area (Å²) in [7, 11) is 0. The minimum Gasteiger partial charge on any atom is -0.365 e. The molecule has 0 saturated carbocycles. The monoisotopic (exact) mass is 234 g/mol. The lowest BCUT2D eigenvalue weighted by Crippen LogP contribution is -1.91. The molecule has 0 aliphatic rings. The van der Waals surface area contributed by atoms with Crippen LogP contribution in [0, 0.1) is 11.8 Å². The first kappa shape index (κ1) is 12.8. The second-order valence-electron chi connectivity index (χ2n) is 3.61. The van der Waals surface area contributed by atoms with Crippen LogP contribution in [0.4, 0.5) is 0 Å². The Hall–Kier alpha value is -1.23. The molecule has 1 nitrogen and oxygen atoms in total. The zero-order valence-corrected chi connectivity index (χ0v) is 10.3. The maximum absolute atomic E-state index is 5.76. The maximum atomic E-state index is 5.76. The van der Waals surface area contributed by atoms with Crippen LogP contribution in [0.3, 0.4) is 0 Å². The molecule has 0 bridgehead atoms. The third-order valence-corrected chi connectivity index (χ3v) is 2.11. The molecule has 2 heteroatoms. The number of hydrogen-bond acceptors (Lipinski definition) is 1. The molecular weight excluding hydrogens is 220 g/mol. The van der Waals surface area contributed by atoms with Crippen molar-refractivity contribution >= 4 is 11.6 Å². The molecule has 0 heterocycles. The highest BCUT2D eigenvalue weighted by molar-refractivity contribution is 6.30. The molecule has 0 aliphatic carbocycles. The van der Waals surface area contributed by atoms with Gasteiger partial charge in [-0.2, -0.15) is 0 Å². The topological polar surface area (TPSA) is 9.23 Å². The van der Waals surface area contributed by atoms with E-state index >= 15 is 0 Å². The van der Waals surface area contributed by atoms with E-state index in [1.165, 1.54) is 5.57 Å². The van der Waals surface area contributed by atoms with Crippen LogP contribution in [0.15, 0.2) is 35.9 Å². The molecule has 0 N–H and O–H groups in total. The number of benzene rings is 1. The summed E-state index contributed by atoms with van der Waals surface area (Å²) in [5, 5.41) is 0.727. The highest BCUT2D eigenvalue weighted by Crippen LogP contribution is 2.08. The average molecular weight is 235 g/mol. The van der Waals surface area contributed by atoms with Crippen LogP contribution in [0.25, 0.3) is 0 Å². The van der Waals surface area contributed by atoms with Gasteiger partial charge in [-0.1, -0.05) is 35.1 Å². The summed E-state index contributed by atoms with van der Waals surface area (Å²) in [4.78, 5) is 0. The fourth-order valence-electron chi connectivity index (χ4n) is 1.01.